The zero-order valence-electron chi connectivity index (χ0n) is 11.3. The second kappa shape index (κ2) is 5.55. The average Bonchev–Trinajstić information content (AvgIpc) is 2.63. The lowest BCUT2D eigenvalue weighted by Crippen LogP contribution is -2.43. The van der Waals surface area contributed by atoms with Crippen molar-refractivity contribution in [2.24, 2.45) is 11.1 Å². The van der Waals surface area contributed by atoms with Crippen molar-refractivity contribution in [3.63, 3.8) is 0 Å². The third kappa shape index (κ3) is 3.57. The Morgan fingerprint density at radius 2 is 2.00 bits per heavy atom. The minimum atomic E-state index is 0.121. The summed E-state index contributed by atoms with van der Waals surface area (Å²) < 4.78 is 6.37. The fourth-order valence-corrected chi connectivity index (χ4v) is 2.19. The quantitative estimate of drug-likeness (QED) is 0.927. The summed E-state index contributed by atoms with van der Waals surface area (Å²) in [5.41, 5.74) is 6.09. The second-order valence-corrected chi connectivity index (χ2v) is 6.38. The van der Waals surface area contributed by atoms with Crippen molar-refractivity contribution < 1.29 is 4.42 Å². The predicted octanol–water partition coefficient (Wildman–Crippen LogP) is 3.41. The molecule has 0 amide bonds. The summed E-state index contributed by atoms with van der Waals surface area (Å²) in [6.45, 7) is 9.48. The number of hydrogen-bond acceptors (Lipinski definition) is 3. The van der Waals surface area contributed by atoms with Crippen LogP contribution in [0.1, 0.15) is 39.5 Å². The summed E-state index contributed by atoms with van der Waals surface area (Å²) in [5, 5.41) is 0. The van der Waals surface area contributed by atoms with E-state index in [9.17, 15) is 0 Å². The van der Waals surface area contributed by atoms with Crippen molar-refractivity contribution in [1.29, 1.82) is 0 Å². The number of halogens is 1. The highest BCUT2D eigenvalue weighted by Crippen LogP contribution is 2.31. The fraction of sp³-hybridized carbons (Fsp3) is 0.692. The number of nitrogens with two attached hydrogens (primary N) is 1. The first-order chi connectivity index (χ1) is 7.77. The van der Waals surface area contributed by atoms with Crippen molar-refractivity contribution in [2.45, 2.75) is 39.8 Å². The molecule has 4 heteroatoms. The molecule has 1 heterocycles. The van der Waals surface area contributed by atoms with E-state index in [1.165, 1.54) is 0 Å². The van der Waals surface area contributed by atoms with E-state index < -0.39 is 0 Å². The van der Waals surface area contributed by atoms with Gasteiger partial charge in [-0.15, -0.1) is 0 Å². The molecule has 2 N–H and O–H groups in total. The number of nitrogens with zero attached hydrogens (tertiary/aromatic N) is 1. The molecule has 0 saturated carbocycles. The Bertz CT molecular complexity index is 357. The molecule has 98 valence electrons. The van der Waals surface area contributed by atoms with Crippen molar-refractivity contribution >= 4 is 15.9 Å². The Balaban J connectivity index is 2.88. The maximum Gasteiger partial charge on any atom is 0.169 e. The molecule has 1 rings (SSSR count). The minimum absolute atomic E-state index is 0.121. The van der Waals surface area contributed by atoms with Crippen LogP contribution in [0.4, 0.5) is 0 Å². The molecule has 1 aromatic heterocycles. The van der Waals surface area contributed by atoms with E-state index in [-0.39, 0.29) is 11.5 Å². The van der Waals surface area contributed by atoms with E-state index >= 15 is 0 Å². The van der Waals surface area contributed by atoms with Gasteiger partial charge >= 0.3 is 0 Å². The van der Waals surface area contributed by atoms with Gasteiger partial charge in [0.1, 0.15) is 5.76 Å². The van der Waals surface area contributed by atoms with Crippen molar-refractivity contribution in [3.05, 3.63) is 22.6 Å². The zero-order valence-corrected chi connectivity index (χ0v) is 12.9. The molecule has 2 unspecified atom stereocenters. The summed E-state index contributed by atoms with van der Waals surface area (Å²) in [6.07, 6.45) is 0. The maximum absolute atomic E-state index is 5.88. The summed E-state index contributed by atoms with van der Waals surface area (Å²) in [7, 11) is 2.10. The topological polar surface area (TPSA) is 42.4 Å². The van der Waals surface area contributed by atoms with Gasteiger partial charge in [-0.05, 0) is 47.4 Å². The molecule has 0 aliphatic carbocycles. The molecule has 17 heavy (non-hydrogen) atoms. The van der Waals surface area contributed by atoms with Crippen LogP contribution in [0.2, 0.25) is 0 Å². The van der Waals surface area contributed by atoms with E-state index in [0.29, 0.717) is 12.6 Å². The monoisotopic (exact) mass is 302 g/mol. The summed E-state index contributed by atoms with van der Waals surface area (Å²) in [5.74, 6) is 0.915. The van der Waals surface area contributed by atoms with E-state index in [1.54, 1.807) is 0 Å². The first-order valence-electron chi connectivity index (χ1n) is 5.94. The lowest BCUT2D eigenvalue weighted by Gasteiger charge is -2.39. The van der Waals surface area contributed by atoms with Gasteiger partial charge in [0.05, 0.1) is 6.04 Å². The molecule has 0 radical (unpaired) electrons. The predicted molar refractivity (Wildman–Crippen MR) is 74.9 cm³/mol. The standard InChI is InChI=1S/C13H23BrN2O/c1-9(13(2,3)4)16(5)10(8-15)11-6-7-12(14)17-11/h6-7,9-10H,8,15H2,1-5H3. The molecular formula is C13H23BrN2O. The SMILES string of the molecule is CC(N(C)C(CN)c1ccc(Br)o1)C(C)(C)C. The summed E-state index contributed by atoms with van der Waals surface area (Å²) in [6, 6.07) is 4.43. The van der Waals surface area contributed by atoms with Gasteiger partial charge in [-0.25, -0.2) is 0 Å². The molecule has 3 nitrogen and oxygen atoms in total. The van der Waals surface area contributed by atoms with Gasteiger partial charge in [0, 0.05) is 12.6 Å². The number of rotatable bonds is 4. The Labute approximate surface area is 112 Å². The van der Waals surface area contributed by atoms with Crippen molar-refractivity contribution in [1.82, 2.24) is 4.90 Å². The van der Waals surface area contributed by atoms with E-state index in [1.807, 2.05) is 12.1 Å². The van der Waals surface area contributed by atoms with Crippen LogP contribution in [0, 0.1) is 5.41 Å². The highest BCUT2D eigenvalue weighted by Gasteiger charge is 2.30. The van der Waals surface area contributed by atoms with Crippen LogP contribution in [-0.4, -0.2) is 24.5 Å². The van der Waals surface area contributed by atoms with Crippen LogP contribution in [-0.2, 0) is 0 Å². The average molecular weight is 303 g/mol. The molecule has 0 aromatic carbocycles. The first kappa shape index (κ1) is 14.7. The Morgan fingerprint density at radius 1 is 1.41 bits per heavy atom. The molecule has 2 atom stereocenters. The highest BCUT2D eigenvalue weighted by molar-refractivity contribution is 9.10. The third-order valence-electron chi connectivity index (χ3n) is 3.50. The lowest BCUT2D eigenvalue weighted by atomic mass is 9.86. The van der Waals surface area contributed by atoms with Crippen molar-refractivity contribution in [2.75, 3.05) is 13.6 Å². The molecule has 0 bridgehead atoms. The maximum atomic E-state index is 5.88. The van der Waals surface area contributed by atoms with Gasteiger partial charge in [0.25, 0.3) is 0 Å². The van der Waals surface area contributed by atoms with E-state index in [2.05, 4.69) is 55.6 Å². The van der Waals surface area contributed by atoms with Crippen LogP contribution >= 0.6 is 15.9 Å². The molecular weight excluding hydrogens is 280 g/mol. The van der Waals surface area contributed by atoms with Crippen LogP contribution in [0.5, 0.6) is 0 Å². The number of hydrogen-bond donors (Lipinski definition) is 1. The van der Waals surface area contributed by atoms with Crippen LogP contribution < -0.4 is 5.73 Å². The van der Waals surface area contributed by atoms with Gasteiger partial charge in [0.2, 0.25) is 0 Å². The van der Waals surface area contributed by atoms with E-state index in [4.69, 9.17) is 10.2 Å². The van der Waals surface area contributed by atoms with E-state index in [0.717, 1.165) is 10.4 Å². The molecule has 0 aliphatic heterocycles. The van der Waals surface area contributed by atoms with Crippen LogP contribution in [0.25, 0.3) is 0 Å². The molecule has 0 fully saturated rings. The molecule has 1 aromatic rings. The van der Waals surface area contributed by atoms with Gasteiger partial charge in [0.15, 0.2) is 4.67 Å². The zero-order chi connectivity index (χ0) is 13.2. The largest absolute Gasteiger partial charge is 0.453 e. The third-order valence-corrected chi connectivity index (χ3v) is 3.93. The van der Waals surface area contributed by atoms with Gasteiger partial charge in [-0.1, -0.05) is 20.8 Å². The first-order valence-corrected chi connectivity index (χ1v) is 6.74. The molecule has 0 spiro atoms. The highest BCUT2D eigenvalue weighted by atomic mass is 79.9. The van der Waals surface area contributed by atoms with Gasteiger partial charge in [-0.2, -0.15) is 0 Å². The number of furan rings is 1. The lowest BCUT2D eigenvalue weighted by molar-refractivity contribution is 0.0894. The Kier molecular flexibility index (Phi) is 4.81. The summed E-state index contributed by atoms with van der Waals surface area (Å²) >= 11 is 3.33. The molecule has 0 aliphatic rings. The minimum Gasteiger partial charge on any atom is -0.453 e. The van der Waals surface area contributed by atoms with Gasteiger partial charge < -0.3 is 10.2 Å². The van der Waals surface area contributed by atoms with Crippen molar-refractivity contribution in [3.8, 4) is 0 Å². The Morgan fingerprint density at radius 3 is 2.35 bits per heavy atom. The normalized spacial score (nSPS) is 16.2. The van der Waals surface area contributed by atoms with Crippen LogP contribution in [0.3, 0.4) is 0 Å². The fourth-order valence-electron chi connectivity index (χ4n) is 1.87. The Hall–Kier alpha value is -0.320. The molecule has 0 saturated heterocycles. The van der Waals surface area contributed by atoms with Crippen LogP contribution in [0.15, 0.2) is 21.2 Å². The number of likely N-dealkylation sites (N-methyl/N-ethyl adjacent to an activating group) is 1. The van der Waals surface area contributed by atoms with Gasteiger partial charge in [-0.3, -0.25) is 4.90 Å². The second-order valence-electron chi connectivity index (χ2n) is 5.60. The summed E-state index contributed by atoms with van der Waals surface area (Å²) in [4.78, 5) is 2.28. The smallest absolute Gasteiger partial charge is 0.169 e.